The standard InChI is InChI=1S/C24H31F3N6O/c1-18-4-5-22(29-14-18)32-11-9-31(10-12-32)8-6-23(34)33-7-2-3-20(17-33)30-21-13-19(15-28-16-21)24(25,26)27/h4-5,13-16,20,30H,2-3,6-12,17H2,1H3. The first-order valence-electron chi connectivity index (χ1n) is 11.7. The minimum atomic E-state index is -4.43. The molecule has 0 aliphatic carbocycles. The van der Waals surface area contributed by atoms with Gasteiger partial charge in [-0.3, -0.25) is 14.7 Å². The molecule has 0 saturated carbocycles. The van der Waals surface area contributed by atoms with Gasteiger partial charge in [0.1, 0.15) is 5.82 Å². The number of aryl methyl sites for hydroxylation is 1. The average molecular weight is 477 g/mol. The number of aromatic nitrogens is 2. The van der Waals surface area contributed by atoms with Crippen LogP contribution in [-0.4, -0.2) is 77.5 Å². The third-order valence-electron chi connectivity index (χ3n) is 6.44. The smallest absolute Gasteiger partial charge is 0.379 e. The fourth-order valence-corrected chi connectivity index (χ4v) is 4.49. The zero-order chi connectivity index (χ0) is 24.1. The van der Waals surface area contributed by atoms with Crippen molar-refractivity contribution in [3.8, 4) is 0 Å². The van der Waals surface area contributed by atoms with Gasteiger partial charge >= 0.3 is 6.18 Å². The Morgan fingerprint density at radius 2 is 1.91 bits per heavy atom. The lowest BCUT2D eigenvalue weighted by atomic mass is 10.0. The Morgan fingerprint density at radius 3 is 2.62 bits per heavy atom. The first kappa shape index (κ1) is 24.3. The SMILES string of the molecule is Cc1ccc(N2CCN(CCC(=O)N3CCCC(Nc4cncc(C(F)(F)F)c4)C3)CC2)nc1. The molecule has 2 aliphatic rings. The Hall–Kier alpha value is -2.88. The number of alkyl halides is 3. The number of piperidine rings is 1. The van der Waals surface area contributed by atoms with Crippen molar-refractivity contribution in [1.82, 2.24) is 19.8 Å². The Morgan fingerprint density at radius 1 is 1.12 bits per heavy atom. The van der Waals surface area contributed by atoms with E-state index in [1.54, 1.807) is 0 Å². The Bertz CT molecular complexity index is 960. The van der Waals surface area contributed by atoms with E-state index < -0.39 is 11.7 Å². The van der Waals surface area contributed by atoms with Crippen LogP contribution in [0.5, 0.6) is 0 Å². The van der Waals surface area contributed by atoms with E-state index >= 15 is 0 Å². The largest absolute Gasteiger partial charge is 0.417 e. The van der Waals surface area contributed by atoms with Crippen LogP contribution < -0.4 is 10.2 Å². The van der Waals surface area contributed by atoms with E-state index in [4.69, 9.17) is 0 Å². The predicted octanol–water partition coefficient (Wildman–Crippen LogP) is 3.42. The average Bonchev–Trinajstić information content (AvgIpc) is 2.83. The topological polar surface area (TPSA) is 64.6 Å². The number of rotatable bonds is 6. The van der Waals surface area contributed by atoms with Crippen LogP contribution in [0.15, 0.2) is 36.8 Å². The highest BCUT2D eigenvalue weighted by molar-refractivity contribution is 5.76. The second kappa shape index (κ2) is 10.6. The zero-order valence-electron chi connectivity index (χ0n) is 19.4. The molecule has 1 amide bonds. The van der Waals surface area contributed by atoms with Crippen molar-refractivity contribution in [2.24, 2.45) is 0 Å². The van der Waals surface area contributed by atoms with E-state index in [9.17, 15) is 18.0 Å². The summed E-state index contributed by atoms with van der Waals surface area (Å²) in [6.45, 7) is 7.43. The fourth-order valence-electron chi connectivity index (χ4n) is 4.49. The molecule has 0 spiro atoms. The molecule has 1 unspecified atom stereocenters. The van der Waals surface area contributed by atoms with Crippen molar-refractivity contribution in [1.29, 1.82) is 0 Å². The van der Waals surface area contributed by atoms with Crippen LogP contribution >= 0.6 is 0 Å². The van der Waals surface area contributed by atoms with Gasteiger partial charge in [-0.05, 0) is 37.5 Å². The predicted molar refractivity (Wildman–Crippen MR) is 125 cm³/mol. The highest BCUT2D eigenvalue weighted by atomic mass is 19.4. The molecule has 2 fully saturated rings. The van der Waals surface area contributed by atoms with Crippen LogP contribution in [0.1, 0.15) is 30.4 Å². The number of nitrogens with zero attached hydrogens (tertiary/aromatic N) is 5. The van der Waals surface area contributed by atoms with Crippen molar-refractivity contribution in [3.05, 3.63) is 47.9 Å². The van der Waals surface area contributed by atoms with E-state index in [1.165, 1.54) is 6.20 Å². The lowest BCUT2D eigenvalue weighted by Gasteiger charge is -2.36. The second-order valence-corrected chi connectivity index (χ2v) is 9.06. The van der Waals surface area contributed by atoms with Gasteiger partial charge in [-0.2, -0.15) is 13.2 Å². The molecular weight excluding hydrogens is 445 g/mol. The van der Waals surface area contributed by atoms with Crippen LogP contribution in [-0.2, 0) is 11.0 Å². The lowest BCUT2D eigenvalue weighted by Crippen LogP contribution is -2.49. The summed E-state index contributed by atoms with van der Waals surface area (Å²) in [4.78, 5) is 27.4. The number of pyridine rings is 2. The van der Waals surface area contributed by atoms with Gasteiger partial charge < -0.3 is 15.1 Å². The molecule has 0 radical (unpaired) electrons. The van der Waals surface area contributed by atoms with Crippen LogP contribution in [0.2, 0.25) is 0 Å². The third-order valence-corrected chi connectivity index (χ3v) is 6.44. The number of carbonyl (C=O) groups is 1. The van der Waals surface area contributed by atoms with Crippen LogP contribution in [0, 0.1) is 6.92 Å². The van der Waals surface area contributed by atoms with Crippen LogP contribution in [0.25, 0.3) is 0 Å². The van der Waals surface area contributed by atoms with Gasteiger partial charge in [0.15, 0.2) is 0 Å². The molecule has 2 saturated heterocycles. The van der Waals surface area contributed by atoms with E-state index in [1.807, 2.05) is 24.1 Å². The lowest BCUT2D eigenvalue weighted by molar-refractivity contribution is -0.137. The monoisotopic (exact) mass is 476 g/mol. The summed E-state index contributed by atoms with van der Waals surface area (Å²) in [7, 11) is 0. The Kier molecular flexibility index (Phi) is 7.55. The zero-order valence-corrected chi connectivity index (χ0v) is 19.4. The van der Waals surface area contributed by atoms with E-state index in [0.717, 1.165) is 62.7 Å². The van der Waals surface area contributed by atoms with E-state index in [2.05, 4.69) is 31.2 Å². The summed E-state index contributed by atoms with van der Waals surface area (Å²) >= 11 is 0. The van der Waals surface area contributed by atoms with Crippen molar-refractivity contribution in [2.75, 3.05) is 56.0 Å². The number of hydrogen-bond acceptors (Lipinski definition) is 6. The third kappa shape index (κ3) is 6.37. The number of nitrogens with one attached hydrogen (secondary N) is 1. The van der Waals surface area contributed by atoms with Crippen LogP contribution in [0.3, 0.4) is 0 Å². The quantitative estimate of drug-likeness (QED) is 0.690. The van der Waals surface area contributed by atoms with Crippen LogP contribution in [0.4, 0.5) is 24.7 Å². The molecule has 2 aliphatic heterocycles. The maximum absolute atomic E-state index is 12.9. The summed E-state index contributed by atoms with van der Waals surface area (Å²) in [5.74, 6) is 1.08. The number of amides is 1. The fraction of sp³-hybridized carbons (Fsp3) is 0.542. The highest BCUT2D eigenvalue weighted by Gasteiger charge is 2.31. The van der Waals surface area contributed by atoms with E-state index in [-0.39, 0.29) is 11.9 Å². The van der Waals surface area contributed by atoms with Crippen molar-refractivity contribution in [2.45, 2.75) is 38.4 Å². The first-order valence-corrected chi connectivity index (χ1v) is 11.7. The summed E-state index contributed by atoms with van der Waals surface area (Å²) in [5, 5.41) is 3.13. The second-order valence-electron chi connectivity index (χ2n) is 9.06. The van der Waals surface area contributed by atoms with Gasteiger partial charge in [-0.1, -0.05) is 6.07 Å². The van der Waals surface area contributed by atoms with Gasteiger partial charge in [0.25, 0.3) is 0 Å². The van der Waals surface area contributed by atoms with Gasteiger partial charge in [-0.25, -0.2) is 4.98 Å². The first-order chi connectivity index (χ1) is 16.3. The molecule has 0 aromatic carbocycles. The maximum atomic E-state index is 12.9. The number of likely N-dealkylation sites (tertiary alicyclic amines) is 1. The molecule has 1 atom stereocenters. The highest BCUT2D eigenvalue weighted by Crippen LogP contribution is 2.30. The number of piperazine rings is 1. The molecule has 2 aromatic heterocycles. The minimum absolute atomic E-state index is 0.0893. The van der Waals surface area contributed by atoms with Crippen molar-refractivity contribution < 1.29 is 18.0 Å². The molecular formula is C24H31F3N6O. The van der Waals surface area contributed by atoms with E-state index in [0.29, 0.717) is 31.7 Å². The molecule has 4 heterocycles. The summed E-state index contributed by atoms with van der Waals surface area (Å²) < 4.78 is 38.8. The van der Waals surface area contributed by atoms with Crippen molar-refractivity contribution in [3.63, 3.8) is 0 Å². The molecule has 7 nitrogen and oxygen atoms in total. The normalized spacial score (nSPS) is 19.8. The Labute approximate surface area is 198 Å². The molecule has 184 valence electrons. The number of hydrogen-bond donors (Lipinski definition) is 1. The molecule has 2 aromatic rings. The molecule has 34 heavy (non-hydrogen) atoms. The van der Waals surface area contributed by atoms with Gasteiger partial charge in [0, 0.05) is 76.9 Å². The molecule has 10 heteroatoms. The number of carbonyl (C=O) groups excluding carboxylic acids is 1. The van der Waals surface area contributed by atoms with Gasteiger partial charge in [0.05, 0.1) is 11.3 Å². The molecule has 4 rings (SSSR count). The van der Waals surface area contributed by atoms with Gasteiger partial charge in [-0.15, -0.1) is 0 Å². The Balaban J connectivity index is 1.22. The minimum Gasteiger partial charge on any atom is -0.379 e. The summed E-state index contributed by atoms with van der Waals surface area (Å²) in [6, 6.07) is 5.09. The van der Waals surface area contributed by atoms with Gasteiger partial charge in [0.2, 0.25) is 5.91 Å². The van der Waals surface area contributed by atoms with Crippen molar-refractivity contribution >= 4 is 17.4 Å². The number of anilines is 2. The number of halogens is 3. The molecule has 1 N–H and O–H groups in total. The maximum Gasteiger partial charge on any atom is 0.417 e. The molecule has 0 bridgehead atoms. The summed E-state index contributed by atoms with van der Waals surface area (Å²) in [5.41, 5.74) is 0.692. The summed E-state index contributed by atoms with van der Waals surface area (Å²) in [6.07, 6.45) is 1.72.